The number of phenols is 1. The molecule has 0 heterocycles. The summed E-state index contributed by atoms with van der Waals surface area (Å²) in [6.07, 6.45) is 0. The number of aromatic hydroxyl groups is 1. The summed E-state index contributed by atoms with van der Waals surface area (Å²) in [5.41, 5.74) is 6.55. The van der Waals surface area contributed by atoms with Crippen LogP contribution in [0.3, 0.4) is 0 Å². The van der Waals surface area contributed by atoms with Crippen molar-refractivity contribution in [3.05, 3.63) is 59.1 Å². The quantitative estimate of drug-likeness (QED) is 0.883. The molecule has 0 fully saturated rings. The Morgan fingerprint density at radius 3 is 2.63 bits per heavy atom. The van der Waals surface area contributed by atoms with Crippen LogP contribution in [0.4, 0.5) is 0 Å². The smallest absolute Gasteiger partial charge is 0.120 e. The standard InChI is InChI=1S/C15H16ClNO2/c16-12-4-3-5-13(8-12)19-10-11(9-17)14-6-1-2-7-15(14)18/h1-8,11,18H,9-10,17H2. The highest BCUT2D eigenvalue weighted by atomic mass is 35.5. The average molecular weight is 278 g/mol. The number of halogens is 1. The van der Waals surface area contributed by atoms with Gasteiger partial charge in [-0.15, -0.1) is 0 Å². The van der Waals surface area contributed by atoms with Gasteiger partial charge in [0.15, 0.2) is 0 Å². The molecule has 2 aromatic rings. The minimum Gasteiger partial charge on any atom is -0.508 e. The molecule has 0 aliphatic rings. The molecule has 0 amide bonds. The van der Waals surface area contributed by atoms with Gasteiger partial charge < -0.3 is 15.6 Å². The summed E-state index contributed by atoms with van der Waals surface area (Å²) in [5, 5.41) is 10.5. The van der Waals surface area contributed by atoms with Gasteiger partial charge in [0.05, 0.1) is 6.61 Å². The Hall–Kier alpha value is -1.71. The van der Waals surface area contributed by atoms with E-state index in [0.717, 1.165) is 5.56 Å². The lowest BCUT2D eigenvalue weighted by Gasteiger charge is -2.17. The van der Waals surface area contributed by atoms with Gasteiger partial charge in [-0.25, -0.2) is 0 Å². The van der Waals surface area contributed by atoms with Crippen molar-refractivity contribution >= 4 is 11.6 Å². The van der Waals surface area contributed by atoms with E-state index >= 15 is 0 Å². The highest BCUT2D eigenvalue weighted by Crippen LogP contribution is 2.26. The van der Waals surface area contributed by atoms with Crippen LogP contribution in [0.5, 0.6) is 11.5 Å². The first kappa shape index (κ1) is 13.7. The van der Waals surface area contributed by atoms with Crippen LogP contribution in [0.25, 0.3) is 0 Å². The van der Waals surface area contributed by atoms with Crippen molar-refractivity contribution in [2.75, 3.05) is 13.2 Å². The van der Waals surface area contributed by atoms with E-state index in [0.29, 0.717) is 23.9 Å². The van der Waals surface area contributed by atoms with Gasteiger partial charge in [-0.2, -0.15) is 0 Å². The van der Waals surface area contributed by atoms with Gasteiger partial charge in [0.1, 0.15) is 11.5 Å². The summed E-state index contributed by atoms with van der Waals surface area (Å²) in [5.74, 6) is 0.884. The van der Waals surface area contributed by atoms with Gasteiger partial charge in [-0.05, 0) is 24.3 Å². The SMILES string of the molecule is NCC(COc1cccc(Cl)c1)c1ccccc1O. The van der Waals surface area contributed by atoms with Crippen LogP contribution in [0.2, 0.25) is 5.02 Å². The Bertz CT molecular complexity index is 545. The fourth-order valence-electron chi connectivity index (χ4n) is 1.87. The number of para-hydroxylation sites is 1. The number of hydrogen-bond acceptors (Lipinski definition) is 3. The topological polar surface area (TPSA) is 55.5 Å². The van der Waals surface area contributed by atoms with Crippen LogP contribution in [0.15, 0.2) is 48.5 Å². The minimum absolute atomic E-state index is 0.0554. The molecular weight excluding hydrogens is 262 g/mol. The molecule has 3 N–H and O–H groups in total. The third-order valence-corrected chi connectivity index (χ3v) is 3.14. The Morgan fingerprint density at radius 1 is 1.16 bits per heavy atom. The Morgan fingerprint density at radius 2 is 1.95 bits per heavy atom. The first-order valence-electron chi connectivity index (χ1n) is 6.07. The van der Waals surface area contributed by atoms with E-state index in [-0.39, 0.29) is 11.7 Å². The van der Waals surface area contributed by atoms with E-state index in [9.17, 15) is 5.11 Å². The van der Waals surface area contributed by atoms with E-state index in [4.69, 9.17) is 22.1 Å². The van der Waals surface area contributed by atoms with Crippen molar-refractivity contribution in [3.8, 4) is 11.5 Å². The van der Waals surface area contributed by atoms with Crippen LogP contribution >= 0.6 is 11.6 Å². The summed E-state index contributed by atoms with van der Waals surface area (Å²) in [4.78, 5) is 0. The van der Waals surface area contributed by atoms with Gasteiger partial charge >= 0.3 is 0 Å². The largest absolute Gasteiger partial charge is 0.508 e. The molecule has 100 valence electrons. The zero-order valence-electron chi connectivity index (χ0n) is 10.4. The minimum atomic E-state index is -0.0554. The third kappa shape index (κ3) is 3.63. The lowest BCUT2D eigenvalue weighted by molar-refractivity contribution is 0.287. The van der Waals surface area contributed by atoms with Crippen LogP contribution in [0.1, 0.15) is 11.5 Å². The number of rotatable bonds is 5. The molecule has 0 radical (unpaired) electrons. The maximum Gasteiger partial charge on any atom is 0.120 e. The lowest BCUT2D eigenvalue weighted by Crippen LogP contribution is -2.19. The van der Waals surface area contributed by atoms with Crippen LogP contribution < -0.4 is 10.5 Å². The monoisotopic (exact) mass is 277 g/mol. The second-order valence-corrected chi connectivity index (χ2v) is 4.70. The second-order valence-electron chi connectivity index (χ2n) is 4.26. The van der Waals surface area contributed by atoms with E-state index in [1.807, 2.05) is 24.3 Å². The Labute approximate surface area is 117 Å². The molecule has 0 aromatic heterocycles. The molecule has 2 aromatic carbocycles. The summed E-state index contributed by atoms with van der Waals surface area (Å²) in [6.45, 7) is 0.798. The molecule has 3 nitrogen and oxygen atoms in total. The maximum absolute atomic E-state index is 9.82. The van der Waals surface area contributed by atoms with Crippen LogP contribution in [-0.2, 0) is 0 Å². The van der Waals surface area contributed by atoms with Crippen molar-refractivity contribution < 1.29 is 9.84 Å². The highest BCUT2D eigenvalue weighted by Gasteiger charge is 2.14. The molecule has 0 bridgehead atoms. The van der Waals surface area contributed by atoms with Crippen molar-refractivity contribution in [1.82, 2.24) is 0 Å². The predicted octanol–water partition coefficient (Wildman–Crippen LogP) is 3.17. The fourth-order valence-corrected chi connectivity index (χ4v) is 2.05. The summed E-state index contributed by atoms with van der Waals surface area (Å²) >= 11 is 5.89. The van der Waals surface area contributed by atoms with Crippen molar-refractivity contribution in [1.29, 1.82) is 0 Å². The number of hydrogen-bond donors (Lipinski definition) is 2. The molecule has 1 unspecified atom stereocenters. The zero-order chi connectivity index (χ0) is 13.7. The number of ether oxygens (including phenoxy) is 1. The normalized spacial score (nSPS) is 12.1. The molecule has 2 rings (SSSR count). The molecular formula is C15H16ClNO2. The molecule has 4 heteroatoms. The van der Waals surface area contributed by atoms with Gasteiger partial charge in [0.2, 0.25) is 0 Å². The van der Waals surface area contributed by atoms with Gasteiger partial charge in [-0.1, -0.05) is 35.9 Å². The number of nitrogens with two attached hydrogens (primary N) is 1. The summed E-state index contributed by atoms with van der Waals surface area (Å²) < 4.78 is 5.67. The van der Waals surface area contributed by atoms with Gasteiger partial charge in [0, 0.05) is 23.0 Å². The first-order valence-corrected chi connectivity index (χ1v) is 6.45. The number of benzene rings is 2. The molecule has 0 aliphatic carbocycles. The summed E-state index contributed by atoms with van der Waals surface area (Å²) in [6, 6.07) is 14.4. The van der Waals surface area contributed by atoms with Gasteiger partial charge in [-0.3, -0.25) is 0 Å². The molecule has 1 atom stereocenters. The molecule has 0 saturated heterocycles. The first-order chi connectivity index (χ1) is 9.20. The van der Waals surface area contributed by atoms with Crippen molar-refractivity contribution in [2.45, 2.75) is 5.92 Å². The zero-order valence-corrected chi connectivity index (χ0v) is 11.2. The predicted molar refractivity (Wildman–Crippen MR) is 76.8 cm³/mol. The van der Waals surface area contributed by atoms with E-state index in [1.54, 1.807) is 24.3 Å². The van der Waals surface area contributed by atoms with E-state index < -0.39 is 0 Å². The molecule has 0 saturated carbocycles. The van der Waals surface area contributed by atoms with Crippen LogP contribution in [0, 0.1) is 0 Å². The highest BCUT2D eigenvalue weighted by molar-refractivity contribution is 6.30. The second kappa shape index (κ2) is 6.45. The maximum atomic E-state index is 9.82. The third-order valence-electron chi connectivity index (χ3n) is 2.91. The molecule has 0 spiro atoms. The van der Waals surface area contributed by atoms with Gasteiger partial charge in [0.25, 0.3) is 0 Å². The van der Waals surface area contributed by atoms with Crippen LogP contribution in [-0.4, -0.2) is 18.3 Å². The van der Waals surface area contributed by atoms with Crippen molar-refractivity contribution in [3.63, 3.8) is 0 Å². The van der Waals surface area contributed by atoms with Crippen molar-refractivity contribution in [2.24, 2.45) is 5.73 Å². The fraction of sp³-hybridized carbons (Fsp3) is 0.200. The Balaban J connectivity index is 2.06. The van der Waals surface area contributed by atoms with E-state index in [2.05, 4.69) is 0 Å². The van der Waals surface area contributed by atoms with E-state index in [1.165, 1.54) is 0 Å². The Kier molecular flexibility index (Phi) is 4.66. The number of phenolic OH excluding ortho intramolecular Hbond substituents is 1. The molecule has 0 aliphatic heterocycles. The molecule has 19 heavy (non-hydrogen) atoms. The lowest BCUT2D eigenvalue weighted by atomic mass is 9.99. The average Bonchev–Trinajstić information content (AvgIpc) is 2.41. The summed E-state index contributed by atoms with van der Waals surface area (Å²) in [7, 11) is 0.